The number of aliphatic hydroxyl groups is 1. The third-order valence-corrected chi connectivity index (χ3v) is 8.45. The monoisotopic (exact) mass is 594 g/mol. The van der Waals surface area contributed by atoms with E-state index in [2.05, 4.69) is 0 Å². The summed E-state index contributed by atoms with van der Waals surface area (Å²) in [7, 11) is 1.08. The molecule has 2 aliphatic carbocycles. The van der Waals surface area contributed by atoms with E-state index < -0.39 is 89.2 Å². The highest BCUT2D eigenvalue weighted by Crippen LogP contribution is 2.55. The van der Waals surface area contributed by atoms with Crippen molar-refractivity contribution in [3.63, 3.8) is 0 Å². The third-order valence-electron chi connectivity index (χ3n) is 8.45. The molecule has 3 rings (SSSR count). The molecule has 5 unspecified atom stereocenters. The van der Waals surface area contributed by atoms with Crippen molar-refractivity contribution in [2.75, 3.05) is 7.11 Å². The first-order valence-corrected chi connectivity index (χ1v) is 13.6. The number of ether oxygens (including phenoxy) is 6. The molecule has 1 aliphatic heterocycles. The summed E-state index contributed by atoms with van der Waals surface area (Å²) in [5.41, 5.74) is -3.53. The van der Waals surface area contributed by atoms with E-state index in [1.165, 1.54) is 13.8 Å². The minimum absolute atomic E-state index is 0.147. The van der Waals surface area contributed by atoms with Crippen LogP contribution in [0, 0.1) is 17.3 Å². The predicted octanol–water partition coefficient (Wildman–Crippen LogP) is 1.48. The molecule has 0 bridgehead atoms. The lowest BCUT2D eigenvalue weighted by Crippen LogP contribution is -2.65. The second kappa shape index (κ2) is 12.2. The number of esters is 6. The average molecular weight is 595 g/mol. The van der Waals surface area contributed by atoms with Crippen LogP contribution in [0.15, 0.2) is 23.3 Å². The van der Waals surface area contributed by atoms with Crippen molar-refractivity contribution in [2.45, 2.75) is 97.4 Å². The molecular formula is C29H38O13. The van der Waals surface area contributed by atoms with Gasteiger partial charge in [0.05, 0.1) is 24.0 Å². The maximum atomic E-state index is 13.1. The van der Waals surface area contributed by atoms with E-state index in [0.29, 0.717) is 5.57 Å². The van der Waals surface area contributed by atoms with Crippen molar-refractivity contribution in [2.24, 2.45) is 17.3 Å². The van der Waals surface area contributed by atoms with Gasteiger partial charge in [-0.25, -0.2) is 4.79 Å². The molecule has 0 aromatic carbocycles. The standard InChI is InChI=1S/C29H38O13/c1-13-9-10-21(39-16(4)31)28(7)22(40-17(5)32)12-20(38-15(3)30)19(27(35)37-8)11-23-29(36,14(2)26(34)42-23)25(24(13)28)41-18(6)33/h9,11,14,20-25,36H,10,12H2,1-8H3/b19-11+/t14?,20-,21?,22-,23?,24?,25+,28-,29?/m1/s1. The Labute approximate surface area is 243 Å². The van der Waals surface area contributed by atoms with Crippen LogP contribution in [0.3, 0.4) is 0 Å². The molecule has 0 saturated carbocycles. The SMILES string of the molecule is COC(=O)/C1=C/C2OC(=O)C(C)C2(O)[C@@H](OC(C)=O)C2C(C)=CCC(OC(C)=O)[C@]2(C)[C@H](OC(C)=O)C[C@H]1OC(C)=O. The second-order valence-electron chi connectivity index (χ2n) is 11.2. The molecule has 9 atom stereocenters. The maximum absolute atomic E-state index is 13.1. The van der Waals surface area contributed by atoms with Gasteiger partial charge in [0.2, 0.25) is 0 Å². The van der Waals surface area contributed by atoms with Crippen molar-refractivity contribution in [3.8, 4) is 0 Å². The number of hydrogen-bond acceptors (Lipinski definition) is 13. The van der Waals surface area contributed by atoms with E-state index in [1.54, 1.807) is 19.9 Å². The highest BCUT2D eigenvalue weighted by Gasteiger charge is 2.67. The summed E-state index contributed by atoms with van der Waals surface area (Å²) in [6, 6.07) is 0. The Morgan fingerprint density at radius 3 is 2.00 bits per heavy atom. The minimum Gasteiger partial charge on any atom is -0.466 e. The molecule has 0 radical (unpaired) electrons. The Morgan fingerprint density at radius 1 is 0.929 bits per heavy atom. The summed E-state index contributed by atoms with van der Waals surface area (Å²) >= 11 is 0. The van der Waals surface area contributed by atoms with E-state index in [1.807, 2.05) is 0 Å². The summed E-state index contributed by atoms with van der Waals surface area (Å²) in [6.07, 6.45) is -4.17. The molecule has 3 aliphatic rings. The molecule has 1 heterocycles. The van der Waals surface area contributed by atoms with Crippen LogP contribution < -0.4 is 0 Å². The number of hydrogen-bond donors (Lipinski definition) is 1. The topological polar surface area (TPSA) is 178 Å². The summed E-state index contributed by atoms with van der Waals surface area (Å²) in [5, 5.41) is 12.5. The van der Waals surface area contributed by atoms with Crippen molar-refractivity contribution < 1.29 is 62.3 Å². The molecular weight excluding hydrogens is 556 g/mol. The smallest absolute Gasteiger partial charge is 0.337 e. The quantitative estimate of drug-likeness (QED) is 0.275. The fraction of sp³-hybridized carbons (Fsp3) is 0.655. The van der Waals surface area contributed by atoms with E-state index in [4.69, 9.17) is 28.4 Å². The van der Waals surface area contributed by atoms with Crippen LogP contribution in [0.2, 0.25) is 0 Å². The zero-order chi connectivity index (χ0) is 31.7. The van der Waals surface area contributed by atoms with Crippen molar-refractivity contribution in [1.82, 2.24) is 0 Å². The van der Waals surface area contributed by atoms with Crippen LogP contribution in [0.4, 0.5) is 0 Å². The lowest BCUT2D eigenvalue weighted by Gasteiger charge is -2.54. The van der Waals surface area contributed by atoms with E-state index in [-0.39, 0.29) is 18.4 Å². The molecule has 232 valence electrons. The van der Waals surface area contributed by atoms with E-state index in [0.717, 1.165) is 34.0 Å². The molecule has 0 aromatic heterocycles. The maximum Gasteiger partial charge on any atom is 0.337 e. The Hall–Kier alpha value is -3.74. The van der Waals surface area contributed by atoms with Gasteiger partial charge in [-0.3, -0.25) is 24.0 Å². The molecule has 1 saturated heterocycles. The first-order valence-electron chi connectivity index (χ1n) is 13.6. The highest BCUT2D eigenvalue weighted by molar-refractivity contribution is 5.90. The zero-order valence-electron chi connectivity index (χ0n) is 25.0. The van der Waals surface area contributed by atoms with Crippen LogP contribution in [0.5, 0.6) is 0 Å². The molecule has 13 heteroatoms. The Kier molecular flexibility index (Phi) is 9.55. The van der Waals surface area contributed by atoms with Crippen LogP contribution in [0.25, 0.3) is 0 Å². The Bertz CT molecular complexity index is 1220. The van der Waals surface area contributed by atoms with Gasteiger partial charge in [0, 0.05) is 46.5 Å². The number of fused-ring (bicyclic) bond motifs is 2. The fourth-order valence-electron chi connectivity index (χ4n) is 6.50. The van der Waals surface area contributed by atoms with Gasteiger partial charge >= 0.3 is 35.8 Å². The lowest BCUT2D eigenvalue weighted by molar-refractivity contribution is -0.218. The molecule has 0 amide bonds. The van der Waals surface area contributed by atoms with Gasteiger partial charge in [-0.1, -0.05) is 18.6 Å². The van der Waals surface area contributed by atoms with E-state index >= 15 is 0 Å². The summed E-state index contributed by atoms with van der Waals surface area (Å²) in [6.45, 7) is 9.30. The largest absolute Gasteiger partial charge is 0.466 e. The average Bonchev–Trinajstić information content (AvgIpc) is 3.09. The number of carbonyl (C=O) groups is 6. The zero-order valence-corrected chi connectivity index (χ0v) is 25.0. The number of rotatable bonds is 5. The molecule has 13 nitrogen and oxygen atoms in total. The number of carbonyl (C=O) groups excluding carboxylic acids is 6. The summed E-state index contributed by atoms with van der Waals surface area (Å²) in [5.74, 6) is -7.18. The van der Waals surface area contributed by atoms with Crippen LogP contribution in [0.1, 0.15) is 61.3 Å². The molecule has 0 aromatic rings. The van der Waals surface area contributed by atoms with Crippen LogP contribution in [-0.4, -0.2) is 84.2 Å². The number of methoxy groups -OCH3 is 1. The molecule has 42 heavy (non-hydrogen) atoms. The second-order valence-corrected chi connectivity index (χ2v) is 11.2. The molecule has 1 fully saturated rings. The van der Waals surface area contributed by atoms with Crippen LogP contribution in [-0.2, 0) is 57.2 Å². The molecule has 1 N–H and O–H groups in total. The van der Waals surface area contributed by atoms with E-state index in [9.17, 15) is 33.9 Å². The summed E-state index contributed by atoms with van der Waals surface area (Å²) in [4.78, 5) is 75.8. The van der Waals surface area contributed by atoms with Crippen molar-refractivity contribution >= 4 is 35.8 Å². The van der Waals surface area contributed by atoms with Crippen LogP contribution >= 0.6 is 0 Å². The van der Waals surface area contributed by atoms with Gasteiger partial charge in [-0.2, -0.15) is 0 Å². The summed E-state index contributed by atoms with van der Waals surface area (Å²) < 4.78 is 33.4. The van der Waals surface area contributed by atoms with Crippen molar-refractivity contribution in [3.05, 3.63) is 23.3 Å². The fourth-order valence-corrected chi connectivity index (χ4v) is 6.50. The third kappa shape index (κ3) is 5.92. The predicted molar refractivity (Wildman–Crippen MR) is 141 cm³/mol. The van der Waals surface area contributed by atoms with Gasteiger partial charge < -0.3 is 33.5 Å². The normalized spacial score (nSPS) is 37.3. The first kappa shape index (κ1) is 32.8. The van der Waals surface area contributed by atoms with Gasteiger partial charge in [0.15, 0.2) is 11.7 Å². The van der Waals surface area contributed by atoms with Gasteiger partial charge in [0.25, 0.3) is 0 Å². The van der Waals surface area contributed by atoms with Gasteiger partial charge in [-0.15, -0.1) is 0 Å². The molecule has 0 spiro atoms. The van der Waals surface area contributed by atoms with Crippen molar-refractivity contribution in [1.29, 1.82) is 0 Å². The first-order chi connectivity index (χ1) is 19.5. The van der Waals surface area contributed by atoms with Gasteiger partial charge in [0.1, 0.15) is 24.4 Å². The van der Waals surface area contributed by atoms with Gasteiger partial charge in [-0.05, 0) is 19.9 Å². The highest BCUT2D eigenvalue weighted by atomic mass is 16.6. The Morgan fingerprint density at radius 2 is 1.48 bits per heavy atom. The Balaban J connectivity index is 2.50. The minimum atomic E-state index is -2.31. The lowest BCUT2D eigenvalue weighted by atomic mass is 9.56.